The van der Waals surface area contributed by atoms with Crippen LogP contribution in [0.3, 0.4) is 0 Å². The van der Waals surface area contributed by atoms with Crippen molar-refractivity contribution in [3.05, 3.63) is 63.9 Å². The topological polar surface area (TPSA) is 41.3 Å². The maximum Gasteiger partial charge on any atom is 0.127 e. The molecule has 28 heavy (non-hydrogen) atoms. The summed E-state index contributed by atoms with van der Waals surface area (Å²) < 4.78 is 2.34. The number of likely N-dealkylation sites (tertiary alicyclic amines) is 1. The van der Waals surface area contributed by atoms with Crippen LogP contribution in [0.5, 0.6) is 0 Å². The Bertz CT molecular complexity index is 980. The van der Waals surface area contributed by atoms with Crippen molar-refractivity contribution in [3.8, 4) is 0 Å². The Morgan fingerprint density at radius 1 is 1.18 bits per heavy atom. The van der Waals surface area contributed by atoms with Crippen molar-refractivity contribution in [2.75, 3.05) is 13.2 Å². The number of fused-ring (bicyclic) bond motifs is 1. The van der Waals surface area contributed by atoms with Gasteiger partial charge in [0.15, 0.2) is 0 Å². The van der Waals surface area contributed by atoms with E-state index in [1.54, 1.807) is 0 Å². The van der Waals surface area contributed by atoms with Crippen LogP contribution in [-0.2, 0) is 6.54 Å². The van der Waals surface area contributed by atoms with Crippen LogP contribution >= 0.6 is 11.6 Å². The number of imidazole rings is 1. The molecule has 0 saturated carbocycles. The number of halogens is 1. The number of aromatic nitrogens is 2. The molecule has 1 N–H and O–H groups in total. The van der Waals surface area contributed by atoms with Crippen molar-refractivity contribution >= 4 is 22.6 Å². The molecule has 1 aromatic heterocycles. The molecule has 0 unspecified atom stereocenters. The maximum absolute atomic E-state index is 9.79. The van der Waals surface area contributed by atoms with E-state index in [1.807, 2.05) is 12.1 Å². The monoisotopic (exact) mass is 397 g/mol. The fourth-order valence-corrected chi connectivity index (χ4v) is 4.49. The summed E-state index contributed by atoms with van der Waals surface area (Å²) in [5.74, 6) is 1.07. The third-order valence-corrected chi connectivity index (χ3v) is 6.40. The second-order valence-electron chi connectivity index (χ2n) is 8.00. The average molecular weight is 398 g/mol. The van der Waals surface area contributed by atoms with Crippen molar-refractivity contribution in [1.82, 2.24) is 14.5 Å². The first kappa shape index (κ1) is 19.4. The third-order valence-electron chi connectivity index (χ3n) is 6.15. The van der Waals surface area contributed by atoms with E-state index >= 15 is 0 Å². The van der Waals surface area contributed by atoms with Crippen LogP contribution in [0.15, 0.2) is 36.4 Å². The van der Waals surface area contributed by atoms with Gasteiger partial charge < -0.3 is 9.67 Å². The minimum atomic E-state index is 0.153. The molecule has 0 bridgehead atoms. The summed E-state index contributed by atoms with van der Waals surface area (Å²) in [7, 11) is 0. The normalized spacial score (nSPS) is 18.8. The first-order chi connectivity index (χ1) is 13.5. The van der Waals surface area contributed by atoms with E-state index in [-0.39, 0.29) is 18.7 Å². The van der Waals surface area contributed by atoms with Gasteiger partial charge in [-0.1, -0.05) is 23.7 Å². The van der Waals surface area contributed by atoms with Crippen LogP contribution in [0.25, 0.3) is 11.0 Å². The number of aliphatic hydroxyl groups is 1. The smallest absolute Gasteiger partial charge is 0.127 e. The number of hydrogen-bond acceptors (Lipinski definition) is 3. The highest BCUT2D eigenvalue weighted by Crippen LogP contribution is 2.32. The highest BCUT2D eigenvalue weighted by Gasteiger charge is 2.31. The van der Waals surface area contributed by atoms with Gasteiger partial charge in [-0.15, -0.1) is 0 Å². The summed E-state index contributed by atoms with van der Waals surface area (Å²) >= 11 is 6.08. The van der Waals surface area contributed by atoms with Gasteiger partial charge in [0, 0.05) is 17.6 Å². The summed E-state index contributed by atoms with van der Waals surface area (Å²) in [6.45, 7) is 8.48. The van der Waals surface area contributed by atoms with Gasteiger partial charge in [-0.3, -0.25) is 4.90 Å². The van der Waals surface area contributed by atoms with Crippen LogP contribution in [-0.4, -0.2) is 38.8 Å². The second-order valence-corrected chi connectivity index (χ2v) is 8.44. The summed E-state index contributed by atoms with van der Waals surface area (Å²) in [5, 5.41) is 10.5. The first-order valence-corrected chi connectivity index (χ1v) is 10.4. The predicted molar refractivity (Wildman–Crippen MR) is 115 cm³/mol. The Labute approximate surface area is 171 Å². The summed E-state index contributed by atoms with van der Waals surface area (Å²) in [4.78, 5) is 7.46. The van der Waals surface area contributed by atoms with Gasteiger partial charge in [-0.05, 0) is 81.1 Å². The molecule has 2 aromatic carbocycles. The lowest BCUT2D eigenvalue weighted by molar-refractivity contribution is 0.121. The van der Waals surface area contributed by atoms with Crippen molar-refractivity contribution in [3.63, 3.8) is 0 Å². The van der Waals surface area contributed by atoms with Gasteiger partial charge in [0.25, 0.3) is 0 Å². The van der Waals surface area contributed by atoms with Gasteiger partial charge in [0.2, 0.25) is 0 Å². The number of nitrogens with zero attached hydrogens (tertiary/aromatic N) is 3. The summed E-state index contributed by atoms with van der Waals surface area (Å²) in [6, 6.07) is 12.9. The fourth-order valence-electron chi connectivity index (χ4n) is 4.37. The molecule has 0 aliphatic carbocycles. The molecular formula is C23H28ClN3O. The molecule has 1 aliphatic heterocycles. The zero-order valence-corrected chi connectivity index (χ0v) is 17.6. The SMILES string of the molecule is Cc1cc2nc([C@@H](C)N3CCC[C@@H]3CO)n(Cc3ccc(Cl)cc3)c2cc1C. The first-order valence-electron chi connectivity index (χ1n) is 10.1. The lowest BCUT2D eigenvalue weighted by atomic mass is 10.1. The molecule has 5 heteroatoms. The molecule has 0 radical (unpaired) electrons. The molecule has 2 atom stereocenters. The summed E-state index contributed by atoms with van der Waals surface area (Å²) in [5.41, 5.74) is 5.95. The molecule has 3 aromatic rings. The van der Waals surface area contributed by atoms with E-state index in [0.29, 0.717) is 0 Å². The van der Waals surface area contributed by atoms with Crippen LogP contribution in [0.2, 0.25) is 5.02 Å². The van der Waals surface area contributed by atoms with Gasteiger partial charge in [-0.25, -0.2) is 4.98 Å². The highest BCUT2D eigenvalue weighted by molar-refractivity contribution is 6.30. The van der Waals surface area contributed by atoms with Gasteiger partial charge in [-0.2, -0.15) is 0 Å². The standard InChI is InChI=1S/C23H28ClN3O/c1-15-11-21-22(12-16(15)2)27(13-18-6-8-19(24)9-7-18)23(25-21)17(3)26-10-4-5-20(26)14-28/h6-9,11-12,17,20,28H,4-5,10,13-14H2,1-3H3/t17-,20-/m1/s1. The number of rotatable bonds is 5. The fraction of sp³-hybridized carbons (Fsp3) is 0.435. The Morgan fingerprint density at radius 3 is 2.61 bits per heavy atom. The van der Waals surface area contributed by atoms with Crippen molar-refractivity contribution in [2.24, 2.45) is 0 Å². The quantitative estimate of drug-likeness (QED) is 0.667. The van der Waals surface area contributed by atoms with Gasteiger partial charge in [0.1, 0.15) is 5.82 Å². The molecule has 1 saturated heterocycles. The Hall–Kier alpha value is -1.88. The van der Waals surface area contributed by atoms with Crippen molar-refractivity contribution in [1.29, 1.82) is 0 Å². The van der Waals surface area contributed by atoms with Gasteiger partial charge in [0.05, 0.1) is 23.7 Å². The largest absolute Gasteiger partial charge is 0.395 e. The average Bonchev–Trinajstić information content (AvgIpc) is 3.29. The molecular weight excluding hydrogens is 370 g/mol. The van der Waals surface area contributed by atoms with E-state index in [2.05, 4.69) is 54.5 Å². The molecule has 2 heterocycles. The number of benzene rings is 2. The van der Waals surface area contributed by atoms with E-state index in [4.69, 9.17) is 16.6 Å². The Kier molecular flexibility index (Phi) is 5.46. The summed E-state index contributed by atoms with van der Waals surface area (Å²) in [6.07, 6.45) is 2.18. The van der Waals surface area contributed by atoms with Crippen LogP contribution < -0.4 is 0 Å². The Balaban J connectivity index is 1.81. The zero-order valence-electron chi connectivity index (χ0n) is 16.8. The van der Waals surface area contributed by atoms with Crippen molar-refractivity contribution in [2.45, 2.75) is 52.2 Å². The van der Waals surface area contributed by atoms with Crippen LogP contribution in [0.1, 0.15) is 48.3 Å². The molecule has 1 aliphatic rings. The molecule has 4 rings (SSSR count). The zero-order chi connectivity index (χ0) is 19.8. The number of hydrogen-bond donors (Lipinski definition) is 1. The number of aryl methyl sites for hydroxylation is 2. The van der Waals surface area contributed by atoms with Crippen molar-refractivity contribution < 1.29 is 5.11 Å². The molecule has 0 amide bonds. The second kappa shape index (κ2) is 7.86. The van der Waals surface area contributed by atoms with Crippen LogP contribution in [0, 0.1) is 13.8 Å². The lowest BCUT2D eigenvalue weighted by Gasteiger charge is -2.29. The molecule has 0 spiro atoms. The highest BCUT2D eigenvalue weighted by atomic mass is 35.5. The molecule has 4 nitrogen and oxygen atoms in total. The molecule has 148 valence electrons. The minimum absolute atomic E-state index is 0.153. The van der Waals surface area contributed by atoms with E-state index in [9.17, 15) is 5.11 Å². The van der Waals surface area contributed by atoms with E-state index in [0.717, 1.165) is 42.3 Å². The Morgan fingerprint density at radius 2 is 1.89 bits per heavy atom. The van der Waals surface area contributed by atoms with E-state index in [1.165, 1.54) is 22.2 Å². The van der Waals surface area contributed by atoms with Gasteiger partial charge >= 0.3 is 0 Å². The third kappa shape index (κ3) is 3.57. The maximum atomic E-state index is 9.79. The van der Waals surface area contributed by atoms with Crippen LogP contribution in [0.4, 0.5) is 0 Å². The number of aliphatic hydroxyl groups excluding tert-OH is 1. The van der Waals surface area contributed by atoms with E-state index < -0.39 is 0 Å². The molecule has 1 fully saturated rings. The lowest BCUT2D eigenvalue weighted by Crippen LogP contribution is -2.35. The predicted octanol–water partition coefficient (Wildman–Crippen LogP) is 4.87. The minimum Gasteiger partial charge on any atom is -0.395 e.